The Bertz CT molecular complexity index is 806. The number of ether oxygens (including phenoxy) is 1. The van der Waals surface area contributed by atoms with Gasteiger partial charge in [-0.3, -0.25) is 4.79 Å². The third-order valence-corrected chi connectivity index (χ3v) is 8.00. The van der Waals surface area contributed by atoms with E-state index in [0.717, 1.165) is 44.0 Å². The van der Waals surface area contributed by atoms with Crippen molar-refractivity contribution in [3.63, 3.8) is 0 Å². The zero-order valence-corrected chi connectivity index (χ0v) is 18.6. The molecule has 1 amide bonds. The van der Waals surface area contributed by atoms with Gasteiger partial charge in [0.15, 0.2) is 16.4 Å². The second-order valence-electron chi connectivity index (χ2n) is 8.23. The second kappa shape index (κ2) is 9.34. The van der Waals surface area contributed by atoms with Gasteiger partial charge >= 0.3 is 0 Å². The van der Waals surface area contributed by atoms with Crippen LogP contribution in [-0.4, -0.2) is 82.6 Å². The SMILES string of the molecule is CC[C@H](C)N(C(=O)C[NH+]1CCN(c2cccc(OC)c2)CC1)[C@@H]1CCS(=O)(=O)C1. The van der Waals surface area contributed by atoms with Crippen molar-refractivity contribution in [1.29, 1.82) is 0 Å². The number of hydrogen-bond donors (Lipinski definition) is 1. The van der Waals surface area contributed by atoms with Crippen LogP contribution in [0.5, 0.6) is 5.75 Å². The molecule has 2 aliphatic rings. The van der Waals surface area contributed by atoms with Crippen molar-refractivity contribution in [2.24, 2.45) is 0 Å². The van der Waals surface area contributed by atoms with Crippen molar-refractivity contribution in [3.8, 4) is 5.75 Å². The topological polar surface area (TPSA) is 71.4 Å². The van der Waals surface area contributed by atoms with Crippen LogP contribution in [0.1, 0.15) is 26.7 Å². The number of benzene rings is 1. The fourth-order valence-electron chi connectivity index (χ4n) is 4.37. The smallest absolute Gasteiger partial charge is 0.278 e. The van der Waals surface area contributed by atoms with Gasteiger partial charge in [-0.05, 0) is 31.9 Å². The monoisotopic (exact) mass is 424 g/mol. The molecule has 0 bridgehead atoms. The molecule has 0 aromatic heterocycles. The molecule has 2 saturated heterocycles. The summed E-state index contributed by atoms with van der Waals surface area (Å²) in [5.41, 5.74) is 1.15. The van der Waals surface area contributed by atoms with Crippen molar-refractivity contribution in [1.82, 2.24) is 4.90 Å². The molecular formula is C21H34N3O4S+. The van der Waals surface area contributed by atoms with Crippen molar-refractivity contribution in [2.45, 2.75) is 38.8 Å². The molecule has 1 aromatic rings. The minimum absolute atomic E-state index is 0.0678. The Hall–Kier alpha value is -1.80. The summed E-state index contributed by atoms with van der Waals surface area (Å²) in [6, 6.07) is 7.97. The number of rotatable bonds is 7. The van der Waals surface area contributed by atoms with Crippen LogP contribution in [0.2, 0.25) is 0 Å². The molecule has 0 unspecified atom stereocenters. The maximum Gasteiger partial charge on any atom is 0.278 e. The lowest BCUT2D eigenvalue weighted by Gasteiger charge is -2.37. The number of quaternary nitrogens is 1. The molecule has 29 heavy (non-hydrogen) atoms. The number of piperazine rings is 1. The number of amides is 1. The molecule has 7 nitrogen and oxygen atoms in total. The number of methoxy groups -OCH3 is 1. The first-order chi connectivity index (χ1) is 13.8. The van der Waals surface area contributed by atoms with E-state index in [1.54, 1.807) is 7.11 Å². The predicted octanol–water partition coefficient (Wildman–Crippen LogP) is 0.214. The number of carbonyl (C=O) groups excluding carboxylic acids is 1. The molecule has 0 spiro atoms. The first-order valence-corrected chi connectivity index (χ1v) is 12.4. The molecule has 0 saturated carbocycles. The average Bonchev–Trinajstić information content (AvgIpc) is 3.07. The van der Waals surface area contributed by atoms with Crippen LogP contribution in [0.25, 0.3) is 0 Å². The molecule has 162 valence electrons. The zero-order valence-electron chi connectivity index (χ0n) is 17.8. The molecule has 2 aliphatic heterocycles. The molecule has 8 heteroatoms. The van der Waals surface area contributed by atoms with E-state index in [1.165, 1.54) is 4.90 Å². The molecule has 3 rings (SSSR count). The summed E-state index contributed by atoms with van der Waals surface area (Å²) in [6.45, 7) is 8.06. The standard InChI is InChI=1S/C21H33N3O4S/c1-4-17(2)24(19-8-13-29(26,27)16-19)21(25)15-22-9-11-23(12-10-22)18-6-5-7-20(14-18)28-3/h5-7,14,17,19H,4,8-13,15-16H2,1-3H3/p+1/t17-,19+/m0/s1. The van der Waals surface area contributed by atoms with Crippen LogP contribution in [0.4, 0.5) is 5.69 Å². The van der Waals surface area contributed by atoms with Gasteiger partial charge in [0, 0.05) is 23.8 Å². The van der Waals surface area contributed by atoms with Gasteiger partial charge in [0.25, 0.3) is 5.91 Å². The minimum Gasteiger partial charge on any atom is -0.497 e. The summed E-state index contributed by atoms with van der Waals surface area (Å²) >= 11 is 0. The number of carbonyl (C=O) groups is 1. The zero-order chi connectivity index (χ0) is 21.0. The number of nitrogens with one attached hydrogen (secondary N) is 1. The van der Waals surface area contributed by atoms with Gasteiger partial charge in [0.05, 0.1) is 44.8 Å². The molecule has 2 fully saturated rings. The highest BCUT2D eigenvalue weighted by atomic mass is 32.2. The third-order valence-electron chi connectivity index (χ3n) is 6.25. The first kappa shape index (κ1) is 21.9. The largest absolute Gasteiger partial charge is 0.497 e. The van der Waals surface area contributed by atoms with Gasteiger partial charge in [-0.25, -0.2) is 8.42 Å². The van der Waals surface area contributed by atoms with Gasteiger partial charge in [0.1, 0.15) is 5.75 Å². The quantitative estimate of drug-likeness (QED) is 0.678. The Morgan fingerprint density at radius 3 is 2.66 bits per heavy atom. The van der Waals surface area contributed by atoms with Crippen molar-refractivity contribution in [2.75, 3.05) is 56.2 Å². The van der Waals surface area contributed by atoms with E-state index in [-0.39, 0.29) is 29.5 Å². The van der Waals surface area contributed by atoms with Crippen LogP contribution < -0.4 is 14.5 Å². The Balaban J connectivity index is 1.58. The third kappa shape index (κ3) is 5.42. The summed E-state index contributed by atoms with van der Waals surface area (Å²) in [5.74, 6) is 1.25. The highest BCUT2D eigenvalue weighted by Gasteiger charge is 2.38. The van der Waals surface area contributed by atoms with Gasteiger partial charge in [-0.2, -0.15) is 0 Å². The van der Waals surface area contributed by atoms with Crippen LogP contribution in [0.15, 0.2) is 24.3 Å². The Labute approximate surface area is 174 Å². The van der Waals surface area contributed by atoms with Crippen LogP contribution in [-0.2, 0) is 14.6 Å². The van der Waals surface area contributed by atoms with Crippen molar-refractivity contribution in [3.05, 3.63) is 24.3 Å². The fourth-order valence-corrected chi connectivity index (χ4v) is 6.08. The summed E-state index contributed by atoms with van der Waals surface area (Å²) in [7, 11) is -1.34. The van der Waals surface area contributed by atoms with E-state index in [4.69, 9.17) is 4.74 Å². The lowest BCUT2D eigenvalue weighted by Crippen LogP contribution is -3.16. The molecule has 1 aromatic carbocycles. The number of sulfone groups is 1. The van der Waals surface area contributed by atoms with E-state index in [2.05, 4.69) is 11.0 Å². The predicted molar refractivity (Wildman–Crippen MR) is 114 cm³/mol. The molecule has 0 aliphatic carbocycles. The summed E-state index contributed by atoms with van der Waals surface area (Å²) in [6.07, 6.45) is 1.40. The minimum atomic E-state index is -3.01. The van der Waals surface area contributed by atoms with E-state index < -0.39 is 9.84 Å². The molecule has 0 radical (unpaired) electrons. The maximum atomic E-state index is 13.1. The highest BCUT2D eigenvalue weighted by molar-refractivity contribution is 7.91. The van der Waals surface area contributed by atoms with E-state index in [0.29, 0.717) is 13.0 Å². The lowest BCUT2D eigenvalue weighted by molar-refractivity contribution is -0.892. The fraction of sp³-hybridized carbons (Fsp3) is 0.667. The summed E-state index contributed by atoms with van der Waals surface area (Å²) in [5, 5.41) is 0. The van der Waals surface area contributed by atoms with Crippen LogP contribution in [0.3, 0.4) is 0 Å². The number of hydrogen-bond acceptors (Lipinski definition) is 5. The Kier molecular flexibility index (Phi) is 7.05. The Morgan fingerprint density at radius 1 is 1.34 bits per heavy atom. The van der Waals surface area contributed by atoms with E-state index in [9.17, 15) is 13.2 Å². The van der Waals surface area contributed by atoms with E-state index in [1.807, 2.05) is 36.9 Å². The van der Waals surface area contributed by atoms with Crippen molar-refractivity contribution >= 4 is 21.4 Å². The summed E-state index contributed by atoms with van der Waals surface area (Å²) < 4.78 is 29.2. The van der Waals surface area contributed by atoms with Gasteiger partial charge in [-0.15, -0.1) is 0 Å². The van der Waals surface area contributed by atoms with Gasteiger partial charge in [0.2, 0.25) is 0 Å². The normalized spacial score (nSPS) is 23.0. The van der Waals surface area contributed by atoms with Crippen LogP contribution >= 0.6 is 0 Å². The van der Waals surface area contributed by atoms with Gasteiger partial charge in [-0.1, -0.05) is 13.0 Å². The second-order valence-corrected chi connectivity index (χ2v) is 10.5. The lowest BCUT2D eigenvalue weighted by atomic mass is 10.1. The number of nitrogens with zero attached hydrogens (tertiary/aromatic N) is 2. The van der Waals surface area contributed by atoms with Crippen LogP contribution in [0, 0.1) is 0 Å². The Morgan fingerprint density at radius 2 is 2.07 bits per heavy atom. The number of anilines is 1. The van der Waals surface area contributed by atoms with Crippen molar-refractivity contribution < 1.29 is 22.8 Å². The average molecular weight is 425 g/mol. The molecule has 2 atom stereocenters. The molecule has 1 N–H and O–H groups in total. The summed E-state index contributed by atoms with van der Waals surface area (Å²) in [4.78, 5) is 18.6. The first-order valence-electron chi connectivity index (χ1n) is 10.6. The molecular weight excluding hydrogens is 390 g/mol. The maximum absolute atomic E-state index is 13.1. The molecule has 2 heterocycles. The highest BCUT2D eigenvalue weighted by Crippen LogP contribution is 2.22. The van der Waals surface area contributed by atoms with Gasteiger partial charge < -0.3 is 19.4 Å². The van der Waals surface area contributed by atoms with E-state index >= 15 is 0 Å².